The molecule has 36 heavy (non-hydrogen) atoms. The minimum Gasteiger partial charge on any atom is -0.496 e. The van der Waals surface area contributed by atoms with Crippen molar-refractivity contribution in [1.82, 2.24) is 24.1 Å². The molecule has 0 aliphatic carbocycles. The highest BCUT2D eigenvalue weighted by Gasteiger charge is 2.28. The highest BCUT2D eigenvalue weighted by Crippen LogP contribution is 2.31. The molecular weight excluding hydrogens is 480 g/mol. The average Bonchev–Trinajstić information content (AvgIpc) is 3.46. The van der Waals surface area contributed by atoms with Gasteiger partial charge in [0.25, 0.3) is 5.91 Å². The summed E-state index contributed by atoms with van der Waals surface area (Å²) in [5.74, 6) is 2.19. The Morgan fingerprint density at radius 2 is 2.03 bits per heavy atom. The molecule has 11 heteroatoms. The average molecular weight is 511 g/mol. The minimum atomic E-state index is -3.33. The van der Waals surface area contributed by atoms with Crippen LogP contribution in [0.1, 0.15) is 60.0 Å². The Bertz CT molecular complexity index is 1420. The van der Waals surface area contributed by atoms with Crippen LogP contribution in [-0.4, -0.2) is 57.8 Å². The fraction of sp³-hybridized carbons (Fsp3) is 0.440. The van der Waals surface area contributed by atoms with Gasteiger partial charge in [-0.15, -0.1) is 10.2 Å². The molecule has 5 rings (SSSR count). The Morgan fingerprint density at radius 3 is 2.81 bits per heavy atom. The number of hydrogen-bond acceptors (Lipinski definition) is 7. The molecule has 10 nitrogen and oxygen atoms in total. The van der Waals surface area contributed by atoms with E-state index in [0.29, 0.717) is 54.1 Å². The standard InChI is InChI=1S/C25H30N6O4S/c1-4-12-36(33,34)30-11-10-17-14-21(35-3)19(13-18(17)15-30)25(32)27-22-7-5-6-20(26-22)24-29-28-23-9-8-16(2)31(23)24/h5-7,13-14,16H,4,8-12,15H2,1-3H3,(H,26,27,32)/t16-/m0/s1. The molecule has 1 aromatic carbocycles. The first kappa shape index (κ1) is 24.4. The van der Waals surface area contributed by atoms with E-state index in [1.807, 2.05) is 25.1 Å². The van der Waals surface area contributed by atoms with E-state index in [9.17, 15) is 13.2 Å². The Morgan fingerprint density at radius 1 is 1.19 bits per heavy atom. The lowest BCUT2D eigenvalue weighted by Crippen LogP contribution is -2.37. The van der Waals surface area contributed by atoms with Crippen molar-refractivity contribution in [3.8, 4) is 17.3 Å². The maximum Gasteiger partial charge on any atom is 0.260 e. The summed E-state index contributed by atoms with van der Waals surface area (Å²) in [6, 6.07) is 9.25. The summed E-state index contributed by atoms with van der Waals surface area (Å²) in [4.78, 5) is 17.9. The van der Waals surface area contributed by atoms with Crippen molar-refractivity contribution in [3.05, 3.63) is 52.8 Å². The first-order valence-corrected chi connectivity index (χ1v) is 13.8. The monoisotopic (exact) mass is 510 g/mol. The lowest BCUT2D eigenvalue weighted by molar-refractivity contribution is 0.102. The number of anilines is 1. The molecule has 0 fully saturated rings. The lowest BCUT2D eigenvalue weighted by Gasteiger charge is -2.29. The quantitative estimate of drug-likeness (QED) is 0.518. The molecule has 2 aliphatic rings. The van der Waals surface area contributed by atoms with E-state index < -0.39 is 10.0 Å². The number of nitrogens with zero attached hydrogens (tertiary/aromatic N) is 5. The molecule has 0 spiro atoms. The van der Waals surface area contributed by atoms with Crippen LogP contribution in [0.25, 0.3) is 11.5 Å². The molecule has 1 atom stereocenters. The Labute approximate surface area is 210 Å². The number of aromatic nitrogens is 4. The first-order chi connectivity index (χ1) is 17.3. The van der Waals surface area contributed by atoms with E-state index in [-0.39, 0.29) is 18.2 Å². The van der Waals surface area contributed by atoms with Crippen molar-refractivity contribution in [2.45, 2.75) is 52.1 Å². The van der Waals surface area contributed by atoms with Gasteiger partial charge in [0.05, 0.1) is 18.4 Å². The fourth-order valence-electron chi connectivity index (χ4n) is 4.94. The molecule has 0 saturated carbocycles. The summed E-state index contributed by atoms with van der Waals surface area (Å²) in [5, 5.41) is 11.5. The van der Waals surface area contributed by atoms with Crippen LogP contribution in [0.4, 0.5) is 5.82 Å². The van der Waals surface area contributed by atoms with Gasteiger partial charge in [-0.25, -0.2) is 13.4 Å². The highest BCUT2D eigenvalue weighted by atomic mass is 32.2. The van der Waals surface area contributed by atoms with Gasteiger partial charge in [0.15, 0.2) is 5.82 Å². The Hall–Kier alpha value is -3.31. The van der Waals surface area contributed by atoms with Gasteiger partial charge in [-0.1, -0.05) is 13.0 Å². The van der Waals surface area contributed by atoms with E-state index in [1.165, 1.54) is 11.4 Å². The molecule has 1 N–H and O–H groups in total. The summed E-state index contributed by atoms with van der Waals surface area (Å²) in [6.45, 7) is 4.65. The second-order valence-electron chi connectivity index (χ2n) is 9.28. The predicted octanol–water partition coefficient (Wildman–Crippen LogP) is 3.21. The summed E-state index contributed by atoms with van der Waals surface area (Å²) in [7, 11) is -1.81. The summed E-state index contributed by atoms with van der Waals surface area (Å²) in [5.41, 5.74) is 2.76. The van der Waals surface area contributed by atoms with Crippen LogP contribution in [0.15, 0.2) is 30.3 Å². The lowest BCUT2D eigenvalue weighted by atomic mass is 9.97. The third kappa shape index (κ3) is 4.48. The van der Waals surface area contributed by atoms with Crippen LogP contribution in [0, 0.1) is 0 Å². The minimum absolute atomic E-state index is 0.113. The predicted molar refractivity (Wildman–Crippen MR) is 135 cm³/mol. The third-order valence-corrected chi connectivity index (χ3v) is 8.83. The zero-order valence-electron chi connectivity index (χ0n) is 20.7. The van der Waals surface area contributed by atoms with Crippen LogP contribution in [0.3, 0.4) is 0 Å². The van der Waals surface area contributed by atoms with Crippen molar-refractivity contribution in [2.75, 3.05) is 24.7 Å². The molecular formula is C25H30N6O4S. The number of carbonyl (C=O) groups excluding carboxylic acids is 1. The van der Waals surface area contributed by atoms with Gasteiger partial charge in [-0.2, -0.15) is 4.31 Å². The van der Waals surface area contributed by atoms with Gasteiger partial charge in [-0.05, 0) is 61.6 Å². The van der Waals surface area contributed by atoms with Crippen molar-refractivity contribution >= 4 is 21.7 Å². The second kappa shape index (κ2) is 9.62. The van der Waals surface area contributed by atoms with Gasteiger partial charge in [0.1, 0.15) is 23.1 Å². The van der Waals surface area contributed by atoms with Gasteiger partial charge in [-0.3, -0.25) is 4.79 Å². The van der Waals surface area contributed by atoms with Crippen LogP contribution in [0.5, 0.6) is 5.75 Å². The largest absolute Gasteiger partial charge is 0.496 e. The maximum atomic E-state index is 13.3. The number of benzene rings is 1. The Kier molecular flexibility index (Phi) is 6.52. The van der Waals surface area contributed by atoms with Gasteiger partial charge in [0, 0.05) is 25.6 Å². The zero-order valence-corrected chi connectivity index (χ0v) is 21.5. The van der Waals surface area contributed by atoms with Crippen molar-refractivity contribution < 1.29 is 17.9 Å². The normalized spacial score (nSPS) is 17.5. The number of methoxy groups -OCH3 is 1. The first-order valence-electron chi connectivity index (χ1n) is 12.2. The topological polar surface area (TPSA) is 119 Å². The molecule has 0 unspecified atom stereocenters. The number of hydrogen-bond donors (Lipinski definition) is 1. The number of nitrogens with one attached hydrogen (secondary N) is 1. The maximum absolute atomic E-state index is 13.3. The summed E-state index contributed by atoms with van der Waals surface area (Å²) < 4.78 is 34.3. The van der Waals surface area contributed by atoms with Crippen LogP contribution >= 0.6 is 0 Å². The van der Waals surface area contributed by atoms with Crippen molar-refractivity contribution in [2.24, 2.45) is 0 Å². The van der Waals surface area contributed by atoms with Crippen LogP contribution in [-0.2, 0) is 29.4 Å². The van der Waals surface area contributed by atoms with E-state index >= 15 is 0 Å². The van der Waals surface area contributed by atoms with Gasteiger partial charge < -0.3 is 14.6 Å². The number of sulfonamides is 1. The summed E-state index contributed by atoms with van der Waals surface area (Å²) in [6.07, 6.45) is 3.04. The van der Waals surface area contributed by atoms with Crippen molar-refractivity contribution in [1.29, 1.82) is 0 Å². The van der Waals surface area contributed by atoms with Crippen LogP contribution < -0.4 is 10.1 Å². The number of rotatable bonds is 7. The third-order valence-electron chi connectivity index (χ3n) is 6.81. The zero-order chi connectivity index (χ0) is 25.4. The van der Waals surface area contributed by atoms with Gasteiger partial charge >= 0.3 is 0 Å². The van der Waals surface area contributed by atoms with E-state index in [4.69, 9.17) is 4.74 Å². The Balaban J connectivity index is 1.41. The van der Waals surface area contributed by atoms with E-state index in [1.54, 1.807) is 12.1 Å². The van der Waals surface area contributed by atoms with Gasteiger partial charge in [0.2, 0.25) is 10.0 Å². The summed E-state index contributed by atoms with van der Waals surface area (Å²) >= 11 is 0. The molecule has 4 heterocycles. The number of ether oxygens (including phenoxy) is 1. The molecule has 2 aromatic heterocycles. The smallest absolute Gasteiger partial charge is 0.260 e. The number of pyridine rings is 1. The SMILES string of the molecule is CCCS(=O)(=O)N1CCc2cc(OC)c(C(=O)Nc3cccc(-c4nnc5n4[C@@H](C)CC5)n3)cc2C1. The van der Waals surface area contributed by atoms with E-state index in [0.717, 1.165) is 29.8 Å². The number of carbonyl (C=O) groups is 1. The molecule has 0 bridgehead atoms. The second-order valence-corrected chi connectivity index (χ2v) is 11.4. The molecule has 3 aromatic rings. The molecule has 1 amide bonds. The number of fused-ring (bicyclic) bond motifs is 2. The molecule has 0 saturated heterocycles. The fourth-order valence-corrected chi connectivity index (χ4v) is 6.42. The number of aryl methyl sites for hydroxylation is 1. The molecule has 190 valence electrons. The number of amides is 1. The molecule has 0 radical (unpaired) electrons. The van der Waals surface area contributed by atoms with Crippen molar-refractivity contribution in [3.63, 3.8) is 0 Å². The van der Waals surface area contributed by atoms with Crippen LogP contribution in [0.2, 0.25) is 0 Å². The highest BCUT2D eigenvalue weighted by molar-refractivity contribution is 7.89. The molecule has 2 aliphatic heterocycles. The van der Waals surface area contributed by atoms with E-state index in [2.05, 4.69) is 32.0 Å².